The number of piperidine rings is 1. The van der Waals surface area contributed by atoms with Crippen molar-refractivity contribution in [2.24, 2.45) is 12.8 Å². The first-order valence-corrected chi connectivity index (χ1v) is 6.51. The van der Waals surface area contributed by atoms with Gasteiger partial charge in [0.1, 0.15) is 11.6 Å². The highest BCUT2D eigenvalue weighted by Crippen LogP contribution is 2.35. The summed E-state index contributed by atoms with van der Waals surface area (Å²) >= 11 is 0. The second kappa shape index (κ2) is 4.07. The Bertz CT molecular complexity index is 399. The Morgan fingerprint density at radius 1 is 1.24 bits per heavy atom. The minimum absolute atomic E-state index is 0.407. The van der Waals surface area contributed by atoms with Crippen molar-refractivity contribution in [2.75, 3.05) is 0 Å². The predicted molar refractivity (Wildman–Crippen MR) is 65.3 cm³/mol. The molecule has 1 aromatic heterocycles. The van der Waals surface area contributed by atoms with Crippen LogP contribution in [0.25, 0.3) is 0 Å². The quantitative estimate of drug-likeness (QED) is 0.814. The third-order valence-electron chi connectivity index (χ3n) is 4.43. The summed E-state index contributed by atoms with van der Waals surface area (Å²) in [7, 11) is 2.04. The van der Waals surface area contributed by atoms with Crippen molar-refractivity contribution < 1.29 is 0 Å². The molecule has 94 valence electrons. The summed E-state index contributed by atoms with van der Waals surface area (Å²) in [6, 6.07) is 1.74. The molecule has 0 spiro atoms. The van der Waals surface area contributed by atoms with Crippen molar-refractivity contribution in [3.8, 4) is 0 Å². The molecule has 3 rings (SSSR count). The number of fused-ring (bicyclic) bond motifs is 2. The number of hydrogen-bond acceptors (Lipinski definition) is 4. The zero-order valence-electron chi connectivity index (χ0n) is 10.6. The van der Waals surface area contributed by atoms with Crippen molar-refractivity contribution in [3.63, 3.8) is 0 Å². The molecule has 2 N–H and O–H groups in total. The fourth-order valence-electron chi connectivity index (χ4n) is 3.33. The van der Waals surface area contributed by atoms with Crippen LogP contribution in [0, 0.1) is 6.92 Å². The van der Waals surface area contributed by atoms with Crippen LogP contribution in [0.2, 0.25) is 0 Å². The van der Waals surface area contributed by atoms with Crippen LogP contribution in [0.15, 0.2) is 0 Å². The smallest absolute Gasteiger partial charge is 0.146 e. The van der Waals surface area contributed by atoms with E-state index in [9.17, 15) is 0 Å². The first kappa shape index (κ1) is 11.2. The summed E-state index contributed by atoms with van der Waals surface area (Å²) in [6.45, 7) is 2.93. The molecule has 5 heteroatoms. The second-order valence-electron chi connectivity index (χ2n) is 5.51. The van der Waals surface area contributed by atoms with Crippen LogP contribution in [-0.2, 0) is 13.6 Å². The maximum atomic E-state index is 6.09. The van der Waals surface area contributed by atoms with Gasteiger partial charge in [-0.05, 0) is 32.6 Å². The third-order valence-corrected chi connectivity index (χ3v) is 4.43. The highest BCUT2D eigenvalue weighted by atomic mass is 15.3. The lowest BCUT2D eigenvalue weighted by Gasteiger charge is -2.37. The molecule has 3 heterocycles. The first-order valence-electron chi connectivity index (χ1n) is 6.51. The van der Waals surface area contributed by atoms with Gasteiger partial charge in [-0.2, -0.15) is 0 Å². The number of aromatic nitrogens is 3. The maximum Gasteiger partial charge on any atom is 0.146 e. The Hall–Kier alpha value is -0.940. The van der Waals surface area contributed by atoms with Crippen LogP contribution < -0.4 is 5.73 Å². The van der Waals surface area contributed by atoms with Gasteiger partial charge in [-0.15, -0.1) is 10.2 Å². The summed E-state index contributed by atoms with van der Waals surface area (Å²) in [5, 5.41) is 8.39. The van der Waals surface area contributed by atoms with E-state index in [-0.39, 0.29) is 0 Å². The van der Waals surface area contributed by atoms with Gasteiger partial charge in [0, 0.05) is 25.2 Å². The molecule has 17 heavy (non-hydrogen) atoms. The molecule has 1 aromatic rings. The molecule has 2 aliphatic rings. The normalized spacial score (nSPS) is 33.2. The summed E-state index contributed by atoms with van der Waals surface area (Å²) in [4.78, 5) is 2.59. The van der Waals surface area contributed by atoms with Gasteiger partial charge in [0.25, 0.3) is 0 Å². The highest BCUT2D eigenvalue weighted by molar-refractivity contribution is 5.00. The van der Waals surface area contributed by atoms with Crippen molar-refractivity contribution in [1.82, 2.24) is 19.7 Å². The van der Waals surface area contributed by atoms with Gasteiger partial charge in [0.15, 0.2) is 0 Å². The van der Waals surface area contributed by atoms with Crippen molar-refractivity contribution in [2.45, 2.75) is 57.3 Å². The molecule has 2 saturated heterocycles. The Balaban J connectivity index is 1.76. The van der Waals surface area contributed by atoms with E-state index in [1.165, 1.54) is 12.8 Å². The number of nitrogens with two attached hydrogens (primary N) is 1. The molecular formula is C12H21N5. The maximum absolute atomic E-state index is 6.09. The monoisotopic (exact) mass is 235 g/mol. The highest BCUT2D eigenvalue weighted by Gasteiger charge is 2.39. The van der Waals surface area contributed by atoms with Gasteiger partial charge >= 0.3 is 0 Å². The molecule has 0 amide bonds. The largest absolute Gasteiger partial charge is 0.328 e. The summed E-state index contributed by atoms with van der Waals surface area (Å²) in [5.74, 6) is 2.07. The summed E-state index contributed by atoms with van der Waals surface area (Å²) in [5.41, 5.74) is 6.09. The van der Waals surface area contributed by atoms with Crippen LogP contribution in [0.5, 0.6) is 0 Å². The average molecular weight is 235 g/mol. The van der Waals surface area contributed by atoms with Crippen LogP contribution in [0.3, 0.4) is 0 Å². The van der Waals surface area contributed by atoms with Crippen molar-refractivity contribution >= 4 is 0 Å². The van der Waals surface area contributed by atoms with E-state index in [1.807, 2.05) is 14.0 Å². The van der Waals surface area contributed by atoms with E-state index in [4.69, 9.17) is 5.73 Å². The van der Waals surface area contributed by atoms with Gasteiger partial charge in [0.05, 0.1) is 6.54 Å². The van der Waals surface area contributed by atoms with Gasteiger partial charge in [-0.1, -0.05) is 0 Å². The lowest BCUT2D eigenvalue weighted by atomic mass is 9.98. The van der Waals surface area contributed by atoms with E-state index in [0.717, 1.165) is 31.0 Å². The number of aryl methyl sites for hydroxylation is 1. The second-order valence-corrected chi connectivity index (χ2v) is 5.51. The number of nitrogens with zero attached hydrogens (tertiary/aromatic N) is 4. The minimum atomic E-state index is 0.407. The van der Waals surface area contributed by atoms with Crippen molar-refractivity contribution in [1.29, 1.82) is 0 Å². The molecular weight excluding hydrogens is 214 g/mol. The molecule has 2 bridgehead atoms. The number of hydrogen-bond donors (Lipinski definition) is 1. The van der Waals surface area contributed by atoms with E-state index < -0.39 is 0 Å². The fourth-order valence-corrected chi connectivity index (χ4v) is 3.33. The molecule has 2 fully saturated rings. The Morgan fingerprint density at radius 2 is 1.88 bits per heavy atom. The molecule has 5 nitrogen and oxygen atoms in total. The van der Waals surface area contributed by atoms with Gasteiger partial charge in [-0.3, -0.25) is 4.90 Å². The van der Waals surface area contributed by atoms with E-state index in [1.54, 1.807) is 0 Å². The van der Waals surface area contributed by atoms with Crippen LogP contribution >= 0.6 is 0 Å². The number of rotatable bonds is 2. The Labute approximate surface area is 102 Å². The zero-order chi connectivity index (χ0) is 12.0. The van der Waals surface area contributed by atoms with E-state index in [0.29, 0.717) is 18.1 Å². The van der Waals surface area contributed by atoms with Gasteiger partial charge < -0.3 is 10.3 Å². The first-order chi connectivity index (χ1) is 8.15. The molecule has 0 aliphatic carbocycles. The van der Waals surface area contributed by atoms with Crippen molar-refractivity contribution in [3.05, 3.63) is 11.6 Å². The Kier molecular flexibility index (Phi) is 2.67. The van der Waals surface area contributed by atoms with Gasteiger partial charge in [-0.25, -0.2) is 0 Å². The van der Waals surface area contributed by atoms with E-state index >= 15 is 0 Å². The van der Waals surface area contributed by atoms with Gasteiger partial charge in [0.2, 0.25) is 0 Å². The van der Waals surface area contributed by atoms with Crippen LogP contribution in [0.4, 0.5) is 0 Å². The standard InChI is InChI=1S/C12H21N5/c1-8-14-15-12(16(8)2)7-17-10-3-4-11(17)6-9(13)5-10/h9-11H,3-7,13H2,1-2H3. The van der Waals surface area contributed by atoms with E-state index in [2.05, 4.69) is 19.7 Å². The minimum Gasteiger partial charge on any atom is -0.328 e. The summed E-state index contributed by atoms with van der Waals surface area (Å²) in [6.07, 6.45) is 4.89. The van der Waals surface area contributed by atoms with Crippen LogP contribution in [-0.4, -0.2) is 37.8 Å². The van der Waals surface area contributed by atoms with Crippen LogP contribution in [0.1, 0.15) is 37.3 Å². The Morgan fingerprint density at radius 3 is 2.41 bits per heavy atom. The molecule has 2 aliphatic heterocycles. The topological polar surface area (TPSA) is 60.0 Å². The summed E-state index contributed by atoms with van der Waals surface area (Å²) < 4.78 is 2.09. The molecule has 2 atom stereocenters. The fraction of sp³-hybridized carbons (Fsp3) is 0.833. The molecule has 2 unspecified atom stereocenters. The molecule has 0 saturated carbocycles. The lowest BCUT2D eigenvalue weighted by molar-refractivity contribution is 0.115. The SMILES string of the molecule is Cc1nnc(CN2C3CCC2CC(N)C3)n1C. The molecule has 0 aromatic carbocycles. The molecule has 0 radical (unpaired) electrons. The zero-order valence-corrected chi connectivity index (χ0v) is 10.6. The lowest BCUT2D eigenvalue weighted by Crippen LogP contribution is -2.47. The average Bonchev–Trinajstić information content (AvgIpc) is 2.72. The predicted octanol–water partition coefficient (Wildman–Crippen LogP) is 0.578. The third kappa shape index (κ3) is 1.87.